The molecule has 0 atom stereocenters. The van der Waals surface area contributed by atoms with Gasteiger partial charge in [0.1, 0.15) is 0 Å². The Hall–Kier alpha value is -2.53. The Balaban J connectivity index is 1.95. The van der Waals surface area contributed by atoms with Gasteiger partial charge in [0.05, 0.1) is 21.8 Å². The summed E-state index contributed by atoms with van der Waals surface area (Å²) in [6, 6.07) is 10.0. The van der Waals surface area contributed by atoms with Gasteiger partial charge in [-0.2, -0.15) is 0 Å². The van der Waals surface area contributed by atoms with Gasteiger partial charge in [-0.25, -0.2) is 0 Å². The number of carbonyl (C=O) groups is 2. The van der Waals surface area contributed by atoms with E-state index in [-0.39, 0.29) is 5.91 Å². The van der Waals surface area contributed by atoms with E-state index in [1.54, 1.807) is 36.4 Å². The summed E-state index contributed by atoms with van der Waals surface area (Å²) >= 11 is 6.07. The van der Waals surface area contributed by atoms with Crippen LogP contribution in [0.25, 0.3) is 0 Å². The van der Waals surface area contributed by atoms with Gasteiger partial charge in [0.2, 0.25) is 0 Å². The van der Waals surface area contributed by atoms with E-state index in [0.29, 0.717) is 33.2 Å². The average molecular weight is 288 g/mol. The first-order valence-electron chi connectivity index (χ1n) is 5.86. The molecule has 0 radical (unpaired) electrons. The van der Waals surface area contributed by atoms with Gasteiger partial charge in [0.15, 0.2) is 0 Å². The number of fused-ring (bicyclic) bond motifs is 1. The van der Waals surface area contributed by atoms with E-state index < -0.39 is 5.91 Å². The van der Waals surface area contributed by atoms with Gasteiger partial charge in [0.25, 0.3) is 11.8 Å². The van der Waals surface area contributed by atoms with E-state index in [2.05, 4.69) is 10.6 Å². The zero-order chi connectivity index (χ0) is 14.3. The molecule has 3 rings (SSSR count). The smallest absolute Gasteiger partial charge is 0.259 e. The molecular formula is C14H10ClN3O2. The van der Waals surface area contributed by atoms with Crippen molar-refractivity contribution >= 4 is 40.5 Å². The summed E-state index contributed by atoms with van der Waals surface area (Å²) in [5, 5.41) is 5.81. The number of nitrogens with two attached hydrogens (primary N) is 1. The Kier molecular flexibility index (Phi) is 2.84. The zero-order valence-corrected chi connectivity index (χ0v) is 11.0. The normalized spacial score (nSPS) is 13.1. The monoisotopic (exact) mass is 287 g/mol. The van der Waals surface area contributed by atoms with Crippen molar-refractivity contribution in [2.45, 2.75) is 0 Å². The number of imide groups is 1. The van der Waals surface area contributed by atoms with Crippen LogP contribution in [0.3, 0.4) is 0 Å². The molecule has 6 heteroatoms. The van der Waals surface area contributed by atoms with Gasteiger partial charge in [0, 0.05) is 11.4 Å². The minimum Gasteiger partial charge on any atom is -0.399 e. The summed E-state index contributed by atoms with van der Waals surface area (Å²) in [6.07, 6.45) is 0. The van der Waals surface area contributed by atoms with Gasteiger partial charge in [-0.3, -0.25) is 14.9 Å². The lowest BCUT2D eigenvalue weighted by Crippen LogP contribution is -2.19. The van der Waals surface area contributed by atoms with Crippen LogP contribution in [0, 0.1) is 0 Å². The molecule has 1 aliphatic heterocycles. The van der Waals surface area contributed by atoms with Crippen LogP contribution in [0.2, 0.25) is 5.02 Å². The van der Waals surface area contributed by atoms with Crippen LogP contribution in [0.15, 0.2) is 36.4 Å². The lowest BCUT2D eigenvalue weighted by molar-refractivity contribution is 0.0879. The molecule has 0 fully saturated rings. The standard InChI is InChI=1S/C14H10ClN3O2/c15-11-5-7(16)1-4-12(11)17-8-2-3-9-10(6-8)14(20)18-13(9)19/h1-6,17H,16H2,(H,18,19,20). The van der Waals surface area contributed by atoms with Crippen molar-refractivity contribution in [3.63, 3.8) is 0 Å². The van der Waals surface area contributed by atoms with Gasteiger partial charge >= 0.3 is 0 Å². The molecule has 0 aliphatic carbocycles. The Morgan fingerprint density at radius 1 is 1.00 bits per heavy atom. The number of amides is 2. The SMILES string of the molecule is Nc1ccc(Nc2ccc3c(c2)C(=O)NC3=O)c(Cl)c1. The molecular weight excluding hydrogens is 278 g/mol. The number of nitrogens with one attached hydrogen (secondary N) is 2. The van der Waals surface area contributed by atoms with Crippen molar-refractivity contribution in [1.82, 2.24) is 5.32 Å². The molecule has 100 valence electrons. The van der Waals surface area contributed by atoms with E-state index in [1.165, 1.54) is 0 Å². The van der Waals surface area contributed by atoms with E-state index >= 15 is 0 Å². The number of rotatable bonds is 2. The van der Waals surface area contributed by atoms with Gasteiger partial charge < -0.3 is 11.1 Å². The van der Waals surface area contributed by atoms with Crippen LogP contribution in [-0.4, -0.2) is 11.8 Å². The molecule has 2 amide bonds. The van der Waals surface area contributed by atoms with Crippen LogP contribution in [-0.2, 0) is 0 Å². The number of halogens is 1. The molecule has 5 nitrogen and oxygen atoms in total. The minimum atomic E-state index is -0.392. The number of hydrogen-bond donors (Lipinski definition) is 3. The largest absolute Gasteiger partial charge is 0.399 e. The molecule has 0 unspecified atom stereocenters. The second kappa shape index (κ2) is 4.54. The van der Waals surface area contributed by atoms with Crippen LogP contribution in [0.4, 0.5) is 17.1 Å². The Labute approximate surface area is 119 Å². The fourth-order valence-corrected chi connectivity index (χ4v) is 2.27. The van der Waals surface area contributed by atoms with Crippen LogP contribution < -0.4 is 16.4 Å². The third kappa shape index (κ3) is 2.08. The highest BCUT2D eigenvalue weighted by atomic mass is 35.5. The predicted molar refractivity (Wildman–Crippen MR) is 77.4 cm³/mol. The van der Waals surface area contributed by atoms with Gasteiger partial charge in [-0.1, -0.05) is 11.6 Å². The summed E-state index contributed by atoms with van der Waals surface area (Å²) in [5.74, 6) is -0.765. The zero-order valence-electron chi connectivity index (χ0n) is 10.2. The lowest BCUT2D eigenvalue weighted by Gasteiger charge is -2.09. The first kappa shape index (κ1) is 12.5. The first-order chi connectivity index (χ1) is 9.54. The van der Waals surface area contributed by atoms with E-state index in [4.69, 9.17) is 17.3 Å². The Morgan fingerprint density at radius 2 is 1.75 bits per heavy atom. The summed E-state index contributed by atoms with van der Waals surface area (Å²) in [4.78, 5) is 23.0. The fraction of sp³-hybridized carbons (Fsp3) is 0. The van der Waals surface area contributed by atoms with Gasteiger partial charge in [-0.05, 0) is 36.4 Å². The van der Waals surface area contributed by atoms with E-state index in [0.717, 1.165) is 0 Å². The number of carbonyl (C=O) groups excluding carboxylic acids is 2. The maximum atomic E-state index is 11.6. The molecule has 0 aromatic heterocycles. The first-order valence-corrected chi connectivity index (χ1v) is 6.24. The molecule has 0 saturated carbocycles. The maximum Gasteiger partial charge on any atom is 0.259 e. The second-order valence-electron chi connectivity index (χ2n) is 4.41. The molecule has 0 spiro atoms. The van der Waals surface area contributed by atoms with Crippen LogP contribution >= 0.6 is 11.6 Å². The number of anilines is 3. The van der Waals surface area contributed by atoms with Crippen molar-refractivity contribution in [2.24, 2.45) is 0 Å². The average Bonchev–Trinajstić information content (AvgIpc) is 2.68. The summed E-state index contributed by atoms with van der Waals surface area (Å²) in [7, 11) is 0. The highest BCUT2D eigenvalue weighted by molar-refractivity contribution is 6.33. The lowest BCUT2D eigenvalue weighted by atomic mass is 10.1. The predicted octanol–water partition coefficient (Wildman–Crippen LogP) is 2.55. The highest BCUT2D eigenvalue weighted by Crippen LogP contribution is 2.29. The Bertz CT molecular complexity index is 743. The minimum absolute atomic E-state index is 0.353. The van der Waals surface area contributed by atoms with Crippen LogP contribution in [0.1, 0.15) is 20.7 Å². The number of nitrogen functional groups attached to an aromatic ring is 1. The molecule has 0 bridgehead atoms. The fourth-order valence-electron chi connectivity index (χ4n) is 2.03. The Morgan fingerprint density at radius 3 is 2.50 bits per heavy atom. The topological polar surface area (TPSA) is 84.2 Å². The van der Waals surface area contributed by atoms with Crippen molar-refractivity contribution < 1.29 is 9.59 Å². The van der Waals surface area contributed by atoms with Crippen molar-refractivity contribution in [2.75, 3.05) is 11.1 Å². The quantitative estimate of drug-likeness (QED) is 0.585. The molecule has 4 N–H and O–H groups in total. The molecule has 20 heavy (non-hydrogen) atoms. The summed E-state index contributed by atoms with van der Waals surface area (Å²) in [6.45, 7) is 0. The van der Waals surface area contributed by atoms with E-state index in [1.807, 2.05) is 0 Å². The van der Waals surface area contributed by atoms with Crippen molar-refractivity contribution in [1.29, 1.82) is 0 Å². The molecule has 1 aliphatic rings. The molecule has 2 aromatic carbocycles. The van der Waals surface area contributed by atoms with Gasteiger partial charge in [-0.15, -0.1) is 0 Å². The molecule has 1 heterocycles. The maximum absolute atomic E-state index is 11.6. The number of benzene rings is 2. The number of hydrogen-bond acceptors (Lipinski definition) is 4. The highest BCUT2D eigenvalue weighted by Gasteiger charge is 2.26. The third-order valence-electron chi connectivity index (χ3n) is 3.01. The summed E-state index contributed by atoms with van der Waals surface area (Å²) in [5.41, 5.74) is 8.27. The van der Waals surface area contributed by atoms with Crippen molar-refractivity contribution in [3.8, 4) is 0 Å². The van der Waals surface area contributed by atoms with Crippen molar-refractivity contribution in [3.05, 3.63) is 52.5 Å². The second-order valence-corrected chi connectivity index (χ2v) is 4.82. The molecule has 0 saturated heterocycles. The van der Waals surface area contributed by atoms with Crippen LogP contribution in [0.5, 0.6) is 0 Å². The molecule has 2 aromatic rings. The van der Waals surface area contributed by atoms with E-state index in [9.17, 15) is 9.59 Å². The third-order valence-corrected chi connectivity index (χ3v) is 3.32. The summed E-state index contributed by atoms with van der Waals surface area (Å²) < 4.78 is 0.